The Hall–Kier alpha value is -2.54. The van der Waals surface area contributed by atoms with E-state index >= 15 is 0 Å². The summed E-state index contributed by atoms with van der Waals surface area (Å²) >= 11 is 0. The Balaban J connectivity index is 2.30. The highest BCUT2D eigenvalue weighted by Crippen LogP contribution is 2.42. The summed E-state index contributed by atoms with van der Waals surface area (Å²) < 4.78 is 0. The van der Waals surface area contributed by atoms with Gasteiger partial charge in [0.25, 0.3) is 0 Å². The second-order valence-corrected chi connectivity index (χ2v) is 5.02. The molecule has 0 radical (unpaired) electrons. The number of aromatic nitrogens is 1. The van der Waals surface area contributed by atoms with E-state index < -0.39 is 0 Å². The molecule has 1 aliphatic rings. The number of pyridine rings is 1. The summed E-state index contributed by atoms with van der Waals surface area (Å²) in [6, 6.07) is 7.59. The van der Waals surface area contributed by atoms with Gasteiger partial charge >= 0.3 is 0 Å². The van der Waals surface area contributed by atoms with Crippen LogP contribution >= 0.6 is 0 Å². The first kappa shape index (κ1) is 12.5. The molecule has 0 spiro atoms. The zero-order chi connectivity index (χ0) is 14.3. The number of phenolic OH excluding ortho intramolecular Hbond substituents is 1. The Morgan fingerprint density at radius 2 is 2.20 bits per heavy atom. The van der Waals surface area contributed by atoms with Crippen LogP contribution in [0.3, 0.4) is 0 Å². The quantitative estimate of drug-likeness (QED) is 0.746. The lowest BCUT2D eigenvalue weighted by atomic mass is 9.97. The Kier molecular flexibility index (Phi) is 2.83. The summed E-state index contributed by atoms with van der Waals surface area (Å²) in [7, 11) is 0. The van der Waals surface area contributed by atoms with E-state index in [4.69, 9.17) is 5.73 Å². The molecule has 0 saturated heterocycles. The van der Waals surface area contributed by atoms with Gasteiger partial charge in [-0.2, -0.15) is 5.26 Å². The highest BCUT2D eigenvalue weighted by Gasteiger charge is 2.27. The Labute approximate surface area is 117 Å². The molecule has 0 atom stereocenters. The number of nitrogens with two attached hydrogens (primary N) is 1. The van der Waals surface area contributed by atoms with Crippen molar-refractivity contribution < 1.29 is 5.11 Å². The van der Waals surface area contributed by atoms with Crippen LogP contribution < -0.4 is 5.73 Å². The van der Waals surface area contributed by atoms with E-state index in [9.17, 15) is 10.4 Å². The third-order valence-corrected chi connectivity index (χ3v) is 3.81. The molecule has 0 bridgehead atoms. The molecule has 1 aliphatic carbocycles. The molecule has 2 aromatic rings. The summed E-state index contributed by atoms with van der Waals surface area (Å²) in [6.45, 7) is 2.07. The molecule has 1 aromatic heterocycles. The van der Waals surface area contributed by atoms with Gasteiger partial charge in [-0.1, -0.05) is 25.5 Å². The SMILES string of the molecule is CCCc1c(C#N)c(N)nc2c1Cc1c(O)cccc1-2. The van der Waals surface area contributed by atoms with Crippen LogP contribution in [-0.2, 0) is 12.8 Å². The molecule has 0 saturated carbocycles. The molecule has 0 aliphatic heterocycles. The number of hydrogen-bond donors (Lipinski definition) is 2. The number of aromatic hydroxyl groups is 1. The number of fused-ring (bicyclic) bond motifs is 3. The number of rotatable bonds is 2. The second kappa shape index (κ2) is 4.53. The minimum atomic E-state index is 0.278. The fourth-order valence-electron chi connectivity index (χ4n) is 2.92. The lowest BCUT2D eigenvalue weighted by Crippen LogP contribution is -2.05. The monoisotopic (exact) mass is 265 g/mol. The van der Waals surface area contributed by atoms with Gasteiger partial charge in [0, 0.05) is 17.5 Å². The first-order valence-corrected chi connectivity index (χ1v) is 6.69. The van der Waals surface area contributed by atoms with Crippen molar-refractivity contribution in [1.82, 2.24) is 4.98 Å². The van der Waals surface area contributed by atoms with Crippen LogP contribution in [0.15, 0.2) is 18.2 Å². The smallest absolute Gasteiger partial charge is 0.142 e. The predicted molar refractivity (Wildman–Crippen MR) is 77.3 cm³/mol. The second-order valence-electron chi connectivity index (χ2n) is 5.02. The number of hydrogen-bond acceptors (Lipinski definition) is 4. The van der Waals surface area contributed by atoms with Crippen molar-refractivity contribution >= 4 is 5.82 Å². The third kappa shape index (κ3) is 1.64. The van der Waals surface area contributed by atoms with E-state index in [1.807, 2.05) is 6.07 Å². The van der Waals surface area contributed by atoms with E-state index in [0.717, 1.165) is 40.8 Å². The van der Waals surface area contributed by atoms with Crippen LogP contribution in [0.2, 0.25) is 0 Å². The van der Waals surface area contributed by atoms with E-state index in [0.29, 0.717) is 12.0 Å². The lowest BCUT2D eigenvalue weighted by Gasteiger charge is -2.11. The number of nitriles is 1. The molecule has 100 valence electrons. The third-order valence-electron chi connectivity index (χ3n) is 3.81. The largest absolute Gasteiger partial charge is 0.508 e. The van der Waals surface area contributed by atoms with E-state index in [1.165, 1.54) is 0 Å². The molecule has 0 fully saturated rings. The van der Waals surface area contributed by atoms with Gasteiger partial charge in [0.1, 0.15) is 17.6 Å². The topological polar surface area (TPSA) is 82.9 Å². The maximum Gasteiger partial charge on any atom is 0.142 e. The van der Waals surface area contributed by atoms with Crippen LogP contribution in [0.5, 0.6) is 5.75 Å². The minimum Gasteiger partial charge on any atom is -0.508 e. The van der Waals surface area contributed by atoms with Gasteiger partial charge in [0.15, 0.2) is 0 Å². The highest BCUT2D eigenvalue weighted by molar-refractivity contribution is 5.80. The summed E-state index contributed by atoms with van der Waals surface area (Å²) in [5.74, 6) is 0.561. The molecule has 0 amide bonds. The van der Waals surface area contributed by atoms with Gasteiger partial charge in [0.2, 0.25) is 0 Å². The minimum absolute atomic E-state index is 0.278. The van der Waals surface area contributed by atoms with Crippen molar-refractivity contribution in [3.8, 4) is 23.1 Å². The van der Waals surface area contributed by atoms with Gasteiger partial charge in [-0.05, 0) is 23.6 Å². The first-order valence-electron chi connectivity index (χ1n) is 6.69. The maximum absolute atomic E-state index is 10.00. The normalized spacial score (nSPS) is 11.8. The fourth-order valence-corrected chi connectivity index (χ4v) is 2.92. The average Bonchev–Trinajstić information content (AvgIpc) is 2.79. The van der Waals surface area contributed by atoms with Gasteiger partial charge in [-0.3, -0.25) is 0 Å². The van der Waals surface area contributed by atoms with Crippen molar-refractivity contribution in [2.24, 2.45) is 0 Å². The molecule has 0 unspecified atom stereocenters. The highest BCUT2D eigenvalue weighted by atomic mass is 16.3. The first-order chi connectivity index (χ1) is 9.67. The Morgan fingerprint density at radius 1 is 1.40 bits per heavy atom. The van der Waals surface area contributed by atoms with E-state index in [2.05, 4.69) is 18.0 Å². The molecule has 4 heteroatoms. The lowest BCUT2D eigenvalue weighted by molar-refractivity contribution is 0.470. The molecule has 1 aromatic carbocycles. The number of benzene rings is 1. The fraction of sp³-hybridized carbons (Fsp3) is 0.250. The number of anilines is 1. The molecule has 4 nitrogen and oxygen atoms in total. The molecular formula is C16H15N3O. The van der Waals surface area contributed by atoms with Crippen molar-refractivity contribution in [3.05, 3.63) is 40.5 Å². The molecule has 20 heavy (non-hydrogen) atoms. The maximum atomic E-state index is 10.00. The van der Waals surface area contributed by atoms with Crippen LogP contribution in [0.4, 0.5) is 5.82 Å². The van der Waals surface area contributed by atoms with Crippen LogP contribution in [0.25, 0.3) is 11.3 Å². The van der Waals surface area contributed by atoms with Crippen LogP contribution in [0.1, 0.15) is 35.6 Å². The van der Waals surface area contributed by atoms with E-state index in [-0.39, 0.29) is 11.6 Å². The van der Waals surface area contributed by atoms with Gasteiger partial charge in [0.05, 0.1) is 11.3 Å². The van der Waals surface area contributed by atoms with Gasteiger partial charge in [-0.25, -0.2) is 4.98 Å². The number of phenols is 1. The van der Waals surface area contributed by atoms with Crippen molar-refractivity contribution in [3.63, 3.8) is 0 Å². The summed E-state index contributed by atoms with van der Waals surface area (Å²) in [5.41, 5.74) is 11.1. The zero-order valence-corrected chi connectivity index (χ0v) is 11.3. The predicted octanol–water partition coefficient (Wildman–Crippen LogP) is 2.76. The Morgan fingerprint density at radius 3 is 2.90 bits per heavy atom. The summed E-state index contributed by atoms with van der Waals surface area (Å²) in [6.07, 6.45) is 2.36. The van der Waals surface area contributed by atoms with Crippen molar-refractivity contribution in [1.29, 1.82) is 5.26 Å². The van der Waals surface area contributed by atoms with Gasteiger partial charge in [-0.15, -0.1) is 0 Å². The molecule has 3 rings (SSSR count). The van der Waals surface area contributed by atoms with E-state index in [1.54, 1.807) is 12.1 Å². The Bertz CT molecular complexity index is 744. The summed E-state index contributed by atoms with van der Waals surface area (Å²) in [5, 5.41) is 19.3. The van der Waals surface area contributed by atoms with Crippen molar-refractivity contribution in [2.45, 2.75) is 26.2 Å². The molecule has 1 heterocycles. The van der Waals surface area contributed by atoms with Crippen LogP contribution in [-0.4, -0.2) is 10.1 Å². The molecular weight excluding hydrogens is 250 g/mol. The average molecular weight is 265 g/mol. The number of nitrogens with zero attached hydrogens (tertiary/aromatic N) is 2. The molecule has 3 N–H and O–H groups in total. The zero-order valence-electron chi connectivity index (χ0n) is 11.3. The van der Waals surface area contributed by atoms with Crippen LogP contribution in [0, 0.1) is 11.3 Å². The van der Waals surface area contributed by atoms with Crippen molar-refractivity contribution in [2.75, 3.05) is 5.73 Å². The summed E-state index contributed by atoms with van der Waals surface area (Å²) in [4.78, 5) is 4.39. The van der Waals surface area contributed by atoms with Gasteiger partial charge < -0.3 is 10.8 Å². The standard InChI is InChI=1S/C16H15N3O/c1-2-4-9-12-7-11-10(5-3-6-14(11)20)15(12)19-16(18)13(9)8-17/h3,5-6,20H,2,4,7H2,1H3,(H2,18,19). The number of nitrogen functional groups attached to an aromatic ring is 1.